The van der Waals surface area contributed by atoms with Crippen molar-refractivity contribution in [3.05, 3.63) is 90.3 Å². The van der Waals surface area contributed by atoms with Gasteiger partial charge in [-0.3, -0.25) is 28.8 Å². The van der Waals surface area contributed by atoms with Crippen LogP contribution in [0.3, 0.4) is 0 Å². The van der Waals surface area contributed by atoms with Crippen molar-refractivity contribution < 1.29 is 28.8 Å². The minimum Gasteiger partial charge on any atom is -0.361 e. The van der Waals surface area contributed by atoms with Gasteiger partial charge in [0, 0.05) is 78.1 Å². The Morgan fingerprint density at radius 3 is 2.04 bits per heavy atom. The molecule has 8 N–H and O–H groups in total. The third kappa shape index (κ3) is 8.92. The molecule has 67 heavy (non-hydrogen) atoms. The number of aromatic amines is 3. The molecule has 3 aliphatic heterocycles. The van der Waals surface area contributed by atoms with Crippen molar-refractivity contribution in [1.29, 1.82) is 0 Å². The van der Waals surface area contributed by atoms with E-state index in [1.54, 1.807) is 22.3 Å². The number of amides is 6. The molecular formula is C50H61N11O6. The summed E-state index contributed by atoms with van der Waals surface area (Å²) >= 11 is 0. The molecule has 5 aromatic rings. The fourth-order valence-corrected chi connectivity index (χ4v) is 11.8. The minimum absolute atomic E-state index is 0.0908. The third-order valence-electron chi connectivity index (χ3n) is 15.3. The highest BCUT2D eigenvalue weighted by molar-refractivity contribution is 6.00. The number of nitrogens with one attached hydrogen (secondary N) is 8. The van der Waals surface area contributed by atoms with Crippen LogP contribution in [0.15, 0.2) is 73.4 Å². The average Bonchev–Trinajstić information content (AvgIpc) is 4.21. The van der Waals surface area contributed by atoms with Crippen LogP contribution in [0.5, 0.6) is 0 Å². The van der Waals surface area contributed by atoms with Crippen LogP contribution in [-0.2, 0) is 48.2 Å². The topological polar surface area (TPSA) is 229 Å². The zero-order chi connectivity index (χ0) is 46.1. The molecule has 5 fully saturated rings. The molecule has 10 rings (SSSR count). The zero-order valence-corrected chi connectivity index (χ0v) is 37.8. The number of hydrogen-bond acceptors (Lipinski definition) is 8. The van der Waals surface area contributed by atoms with Gasteiger partial charge in [-0.2, -0.15) is 0 Å². The Kier molecular flexibility index (Phi) is 12.6. The van der Waals surface area contributed by atoms with Crippen LogP contribution in [0.2, 0.25) is 0 Å². The summed E-state index contributed by atoms with van der Waals surface area (Å²) in [6, 6.07) is 10.3. The van der Waals surface area contributed by atoms with Gasteiger partial charge in [-0.05, 0) is 87.1 Å². The van der Waals surface area contributed by atoms with Crippen molar-refractivity contribution in [1.82, 2.24) is 56.3 Å². The second-order valence-corrected chi connectivity index (χ2v) is 19.4. The molecule has 5 aliphatic rings. The molecule has 7 atom stereocenters. The molecule has 17 heteroatoms. The number of para-hydroxylation sites is 2. The van der Waals surface area contributed by atoms with Gasteiger partial charge in [-0.1, -0.05) is 62.1 Å². The number of hydrogen-bond donors (Lipinski definition) is 8. The minimum atomic E-state index is -1.39. The fourth-order valence-electron chi connectivity index (χ4n) is 11.8. The van der Waals surface area contributed by atoms with E-state index >= 15 is 9.59 Å². The molecular weight excluding hydrogens is 851 g/mol. The Morgan fingerprint density at radius 2 is 1.34 bits per heavy atom. The largest absolute Gasteiger partial charge is 0.361 e. The predicted molar refractivity (Wildman–Crippen MR) is 250 cm³/mol. The van der Waals surface area contributed by atoms with E-state index in [4.69, 9.17) is 0 Å². The maximum atomic E-state index is 15.2. The van der Waals surface area contributed by atoms with Gasteiger partial charge in [0.2, 0.25) is 35.4 Å². The first-order valence-corrected chi connectivity index (χ1v) is 24.3. The number of imidazole rings is 1. The van der Waals surface area contributed by atoms with E-state index in [0.717, 1.165) is 64.3 Å². The van der Waals surface area contributed by atoms with Gasteiger partial charge >= 0.3 is 0 Å². The first-order chi connectivity index (χ1) is 32.7. The molecule has 6 amide bonds. The average molecular weight is 912 g/mol. The van der Waals surface area contributed by atoms with Gasteiger partial charge in [0.05, 0.1) is 6.33 Å². The molecule has 2 aliphatic carbocycles. The fraction of sp³-hybridized carbons (Fsp3) is 0.500. The van der Waals surface area contributed by atoms with Crippen LogP contribution >= 0.6 is 0 Å². The quantitative estimate of drug-likeness (QED) is 0.102. The summed E-state index contributed by atoms with van der Waals surface area (Å²) in [6.07, 6.45) is 14.3. The van der Waals surface area contributed by atoms with Gasteiger partial charge in [-0.15, -0.1) is 0 Å². The third-order valence-corrected chi connectivity index (χ3v) is 15.3. The number of aromatic nitrogens is 4. The number of fused-ring (bicyclic) bond motifs is 6. The SMILES string of the molecule is O=C1NC2(CCCC2)C(=O)NC(Cc2c[nH]c3ccccc23)C(=O)NC(CCNCc2cnc[nH]2)C(=O)N2CCCC2C(=O)N2C(CC3CCCCC32)C(=O)NC1Cc1c[nH]c2ccccc12. The van der Waals surface area contributed by atoms with E-state index in [-0.39, 0.29) is 43.0 Å². The van der Waals surface area contributed by atoms with Crippen molar-refractivity contribution in [2.24, 2.45) is 5.92 Å². The zero-order valence-electron chi connectivity index (χ0n) is 37.8. The maximum Gasteiger partial charge on any atom is 0.246 e. The summed E-state index contributed by atoms with van der Waals surface area (Å²) in [6.45, 7) is 1.11. The summed E-state index contributed by atoms with van der Waals surface area (Å²) in [7, 11) is 0. The van der Waals surface area contributed by atoms with Crippen molar-refractivity contribution in [3.8, 4) is 0 Å². The van der Waals surface area contributed by atoms with Crippen molar-refractivity contribution in [2.75, 3.05) is 13.1 Å². The summed E-state index contributed by atoms with van der Waals surface area (Å²) in [4.78, 5) is 107. The molecule has 6 heterocycles. The van der Waals surface area contributed by atoms with Gasteiger partial charge in [-0.25, -0.2) is 4.98 Å². The van der Waals surface area contributed by atoms with Crippen LogP contribution in [0.25, 0.3) is 21.8 Å². The molecule has 7 unspecified atom stereocenters. The second-order valence-electron chi connectivity index (χ2n) is 19.4. The summed E-state index contributed by atoms with van der Waals surface area (Å²) in [5.74, 6) is -2.55. The highest BCUT2D eigenvalue weighted by atomic mass is 16.2. The first-order valence-electron chi connectivity index (χ1n) is 24.3. The van der Waals surface area contributed by atoms with Crippen LogP contribution < -0.4 is 26.6 Å². The number of rotatable bonds is 9. The van der Waals surface area contributed by atoms with Crippen LogP contribution in [0.4, 0.5) is 0 Å². The lowest BCUT2D eigenvalue weighted by Crippen LogP contribution is -2.65. The van der Waals surface area contributed by atoms with E-state index in [0.29, 0.717) is 64.6 Å². The smallest absolute Gasteiger partial charge is 0.246 e. The van der Waals surface area contributed by atoms with Crippen molar-refractivity contribution in [3.63, 3.8) is 0 Å². The Hall–Kier alpha value is -6.49. The molecule has 3 saturated heterocycles. The van der Waals surface area contributed by atoms with E-state index in [1.807, 2.05) is 60.9 Å². The van der Waals surface area contributed by atoms with E-state index < -0.39 is 59.4 Å². The second kappa shape index (κ2) is 19.0. The van der Waals surface area contributed by atoms with Crippen molar-refractivity contribution in [2.45, 2.75) is 138 Å². The number of benzene rings is 2. The lowest BCUT2D eigenvalue weighted by molar-refractivity contribution is -0.150. The highest BCUT2D eigenvalue weighted by Crippen LogP contribution is 2.41. The summed E-state index contributed by atoms with van der Waals surface area (Å²) < 4.78 is 0. The molecule has 0 bridgehead atoms. The van der Waals surface area contributed by atoms with Crippen LogP contribution in [0.1, 0.15) is 93.9 Å². The monoisotopic (exact) mass is 911 g/mol. The number of H-pyrrole nitrogens is 3. The molecule has 352 valence electrons. The number of carbonyl (C=O) groups is 6. The van der Waals surface area contributed by atoms with E-state index in [1.165, 1.54) is 0 Å². The van der Waals surface area contributed by atoms with E-state index in [9.17, 15) is 19.2 Å². The standard InChI is InChI=1S/C50H61N11O6/c62-44-39(22-31-25-53-36-13-4-2-11-34(31)36)58-49(67)50(18-7-8-19-50)59-45(63)40(23-32-26-54-37-14-5-3-12-35(32)37)57-46(64)43-24-30-10-1-6-15-41(30)61(43)48(66)42-16-9-21-60(42)47(65)38(56-44)17-20-51-27-33-28-52-29-55-33/h2-5,11-14,25-26,28-30,38-43,51,53-54H,1,6-10,15-24,27H2,(H,52,55)(H,56,62)(H,57,64)(H,58,67)(H,59,63). The first kappa shape index (κ1) is 44.4. The molecule has 2 saturated carbocycles. The summed E-state index contributed by atoms with van der Waals surface area (Å²) in [5, 5.41) is 17.5. The molecule has 0 radical (unpaired) electrons. The number of carbonyl (C=O) groups excluding carboxylic acids is 6. The Morgan fingerprint density at radius 1 is 0.672 bits per heavy atom. The predicted octanol–water partition coefficient (Wildman–Crippen LogP) is 3.39. The van der Waals surface area contributed by atoms with Crippen molar-refractivity contribution >= 4 is 57.2 Å². The van der Waals surface area contributed by atoms with Gasteiger partial charge in [0.15, 0.2) is 0 Å². The normalized spacial score (nSPS) is 27.3. The Labute approximate surface area is 388 Å². The molecule has 17 nitrogen and oxygen atoms in total. The van der Waals surface area contributed by atoms with Gasteiger partial charge < -0.3 is 51.3 Å². The van der Waals surface area contributed by atoms with Gasteiger partial charge in [0.1, 0.15) is 35.7 Å². The Bertz CT molecular complexity index is 2630. The highest BCUT2D eigenvalue weighted by Gasteiger charge is 2.52. The number of nitrogens with zero attached hydrogens (tertiary/aromatic N) is 3. The molecule has 3 aromatic heterocycles. The molecule has 2 aromatic carbocycles. The summed E-state index contributed by atoms with van der Waals surface area (Å²) in [5.41, 5.74) is 2.83. The Balaban J connectivity index is 1.03. The lowest BCUT2D eigenvalue weighted by atomic mass is 9.84. The van der Waals surface area contributed by atoms with Crippen LogP contribution in [-0.4, -0.2) is 120 Å². The maximum absolute atomic E-state index is 15.2. The van der Waals surface area contributed by atoms with Crippen LogP contribution in [0, 0.1) is 5.92 Å². The molecule has 1 spiro atoms. The van der Waals surface area contributed by atoms with Gasteiger partial charge in [0.25, 0.3) is 0 Å². The lowest BCUT2D eigenvalue weighted by Gasteiger charge is -2.38. The van der Waals surface area contributed by atoms with E-state index in [2.05, 4.69) is 46.5 Å².